The van der Waals surface area contributed by atoms with Crippen molar-refractivity contribution >= 4 is 23.2 Å². The highest BCUT2D eigenvalue weighted by molar-refractivity contribution is 6.47. The first-order chi connectivity index (χ1) is 5.71. The highest BCUT2D eigenvalue weighted by atomic mass is 35.5. The summed E-state index contributed by atoms with van der Waals surface area (Å²) in [4.78, 5) is 0. The monoisotopic (exact) mass is 222 g/mol. The molecule has 1 aromatic rings. The van der Waals surface area contributed by atoms with Crippen molar-refractivity contribution in [3.63, 3.8) is 0 Å². The lowest BCUT2D eigenvalue weighted by Gasteiger charge is -2.12. The zero-order chi connectivity index (χ0) is 10.3. The SMILES string of the molecule is CC(C)(C)c1nnc(C(C)(Cl)Cl)o1. The third kappa shape index (κ3) is 2.58. The van der Waals surface area contributed by atoms with Crippen LogP contribution in [0, 0.1) is 0 Å². The maximum atomic E-state index is 5.79. The molecule has 0 unspecified atom stereocenters. The molecule has 0 atom stereocenters. The highest BCUT2D eigenvalue weighted by Gasteiger charge is 2.30. The van der Waals surface area contributed by atoms with Crippen LogP contribution in [0.15, 0.2) is 4.42 Å². The van der Waals surface area contributed by atoms with Crippen LogP contribution in [0.5, 0.6) is 0 Å². The standard InChI is InChI=1S/C8H12Cl2N2O/c1-7(2,3)5-11-12-6(13-5)8(4,9)10/h1-4H3. The first kappa shape index (κ1) is 10.8. The molecule has 74 valence electrons. The summed E-state index contributed by atoms with van der Waals surface area (Å²) in [6.07, 6.45) is 0. The van der Waals surface area contributed by atoms with E-state index in [0.29, 0.717) is 5.89 Å². The molecule has 0 saturated carbocycles. The molecular formula is C8H12Cl2N2O. The molecule has 0 aliphatic rings. The topological polar surface area (TPSA) is 38.9 Å². The Morgan fingerprint density at radius 1 is 1.00 bits per heavy atom. The second kappa shape index (κ2) is 3.14. The summed E-state index contributed by atoms with van der Waals surface area (Å²) >= 11 is 11.6. The molecule has 0 aliphatic carbocycles. The van der Waals surface area contributed by atoms with Crippen LogP contribution >= 0.6 is 23.2 Å². The van der Waals surface area contributed by atoms with Gasteiger partial charge in [0.1, 0.15) is 0 Å². The fraction of sp³-hybridized carbons (Fsp3) is 0.750. The Morgan fingerprint density at radius 2 is 1.46 bits per heavy atom. The molecule has 0 spiro atoms. The molecule has 0 N–H and O–H groups in total. The van der Waals surface area contributed by atoms with Crippen LogP contribution in [0.3, 0.4) is 0 Å². The quantitative estimate of drug-likeness (QED) is 0.687. The molecule has 1 aromatic heterocycles. The molecular weight excluding hydrogens is 211 g/mol. The van der Waals surface area contributed by atoms with Gasteiger partial charge in [-0.2, -0.15) is 0 Å². The van der Waals surface area contributed by atoms with Crippen molar-refractivity contribution in [3.8, 4) is 0 Å². The average Bonchev–Trinajstić information content (AvgIpc) is 2.28. The number of alkyl halides is 2. The Bertz CT molecular complexity index is 267. The lowest BCUT2D eigenvalue weighted by atomic mass is 9.97. The molecule has 0 aromatic carbocycles. The predicted octanol–water partition coefficient (Wildman–Crippen LogP) is 3.02. The fourth-order valence-electron chi connectivity index (χ4n) is 0.704. The van der Waals surface area contributed by atoms with Crippen LogP contribution in [-0.2, 0) is 9.75 Å². The van der Waals surface area contributed by atoms with E-state index < -0.39 is 4.33 Å². The van der Waals surface area contributed by atoms with Gasteiger partial charge in [-0.05, 0) is 6.92 Å². The first-order valence-electron chi connectivity index (χ1n) is 3.93. The summed E-state index contributed by atoms with van der Waals surface area (Å²) in [5.41, 5.74) is -0.176. The summed E-state index contributed by atoms with van der Waals surface area (Å²) in [6, 6.07) is 0. The second-order valence-corrected chi connectivity index (χ2v) is 5.76. The van der Waals surface area contributed by atoms with Crippen LogP contribution in [0.2, 0.25) is 0 Å². The Balaban J connectivity index is 3.01. The van der Waals surface area contributed by atoms with Gasteiger partial charge in [0.2, 0.25) is 5.89 Å². The Hall–Kier alpha value is -0.280. The van der Waals surface area contributed by atoms with Crippen molar-refractivity contribution in [2.45, 2.75) is 37.4 Å². The molecule has 0 bridgehead atoms. The number of aromatic nitrogens is 2. The van der Waals surface area contributed by atoms with E-state index in [1.54, 1.807) is 6.92 Å². The van der Waals surface area contributed by atoms with E-state index >= 15 is 0 Å². The molecule has 0 radical (unpaired) electrons. The van der Waals surface area contributed by atoms with Crippen LogP contribution in [-0.4, -0.2) is 10.2 Å². The third-order valence-electron chi connectivity index (χ3n) is 1.44. The molecule has 0 saturated heterocycles. The number of halogens is 2. The van der Waals surface area contributed by atoms with Crippen LogP contribution in [0.1, 0.15) is 39.5 Å². The van der Waals surface area contributed by atoms with Gasteiger partial charge in [0, 0.05) is 5.41 Å². The van der Waals surface area contributed by atoms with Crippen LogP contribution in [0.4, 0.5) is 0 Å². The minimum atomic E-state index is -1.11. The summed E-state index contributed by atoms with van der Waals surface area (Å²) in [7, 11) is 0. The predicted molar refractivity (Wildman–Crippen MR) is 52.1 cm³/mol. The maximum Gasteiger partial charge on any atom is 0.252 e. The second-order valence-electron chi connectivity index (χ2n) is 4.05. The Morgan fingerprint density at radius 3 is 1.69 bits per heavy atom. The Labute approximate surface area is 87.4 Å². The van der Waals surface area contributed by atoms with E-state index in [4.69, 9.17) is 27.6 Å². The summed E-state index contributed by atoms with van der Waals surface area (Å²) < 4.78 is 4.21. The normalized spacial score (nSPS) is 13.4. The van der Waals surface area contributed by atoms with Gasteiger partial charge in [0.05, 0.1) is 0 Å². The zero-order valence-electron chi connectivity index (χ0n) is 8.06. The number of rotatable bonds is 1. The van der Waals surface area contributed by atoms with Crippen LogP contribution < -0.4 is 0 Å². The summed E-state index contributed by atoms with van der Waals surface area (Å²) in [5.74, 6) is 0.774. The van der Waals surface area contributed by atoms with Crippen molar-refractivity contribution < 1.29 is 4.42 Å². The van der Waals surface area contributed by atoms with Gasteiger partial charge < -0.3 is 4.42 Å². The molecule has 0 amide bonds. The van der Waals surface area contributed by atoms with E-state index in [1.165, 1.54) is 0 Å². The van der Waals surface area contributed by atoms with Gasteiger partial charge in [-0.1, -0.05) is 44.0 Å². The van der Waals surface area contributed by atoms with E-state index in [1.807, 2.05) is 20.8 Å². The molecule has 5 heteroatoms. The van der Waals surface area contributed by atoms with Gasteiger partial charge in [-0.3, -0.25) is 0 Å². The minimum absolute atomic E-state index is 0.176. The number of hydrogen-bond donors (Lipinski definition) is 0. The molecule has 13 heavy (non-hydrogen) atoms. The Kier molecular flexibility index (Phi) is 2.61. The highest BCUT2D eigenvalue weighted by Crippen LogP contribution is 2.33. The minimum Gasteiger partial charge on any atom is -0.421 e. The zero-order valence-corrected chi connectivity index (χ0v) is 9.57. The van der Waals surface area contributed by atoms with E-state index in [9.17, 15) is 0 Å². The number of hydrogen-bond acceptors (Lipinski definition) is 3. The van der Waals surface area contributed by atoms with Crippen LogP contribution in [0.25, 0.3) is 0 Å². The van der Waals surface area contributed by atoms with Crippen molar-refractivity contribution in [1.29, 1.82) is 0 Å². The van der Waals surface area contributed by atoms with Crippen molar-refractivity contribution in [3.05, 3.63) is 11.8 Å². The largest absolute Gasteiger partial charge is 0.421 e. The van der Waals surface area contributed by atoms with Gasteiger partial charge in [0.15, 0.2) is 4.33 Å². The van der Waals surface area contributed by atoms with Crippen molar-refractivity contribution in [1.82, 2.24) is 10.2 Å². The molecule has 0 fully saturated rings. The lowest BCUT2D eigenvalue weighted by molar-refractivity contribution is 0.366. The first-order valence-corrected chi connectivity index (χ1v) is 4.69. The van der Waals surface area contributed by atoms with E-state index in [-0.39, 0.29) is 11.3 Å². The van der Waals surface area contributed by atoms with E-state index in [0.717, 1.165) is 0 Å². The van der Waals surface area contributed by atoms with Gasteiger partial charge in [-0.25, -0.2) is 0 Å². The molecule has 0 aliphatic heterocycles. The van der Waals surface area contributed by atoms with Crippen molar-refractivity contribution in [2.24, 2.45) is 0 Å². The maximum absolute atomic E-state index is 5.79. The van der Waals surface area contributed by atoms with Gasteiger partial charge >= 0.3 is 0 Å². The molecule has 1 rings (SSSR count). The fourth-order valence-corrected chi connectivity index (χ4v) is 0.856. The van der Waals surface area contributed by atoms with E-state index in [2.05, 4.69) is 10.2 Å². The number of nitrogens with zero attached hydrogens (tertiary/aromatic N) is 2. The molecule has 3 nitrogen and oxygen atoms in total. The van der Waals surface area contributed by atoms with Gasteiger partial charge in [-0.15, -0.1) is 10.2 Å². The van der Waals surface area contributed by atoms with Crippen molar-refractivity contribution in [2.75, 3.05) is 0 Å². The van der Waals surface area contributed by atoms with Gasteiger partial charge in [0.25, 0.3) is 5.89 Å². The average molecular weight is 223 g/mol. The smallest absolute Gasteiger partial charge is 0.252 e. The summed E-state index contributed by atoms with van der Waals surface area (Å²) in [6.45, 7) is 7.52. The summed E-state index contributed by atoms with van der Waals surface area (Å²) in [5, 5.41) is 7.64. The molecule has 1 heterocycles. The third-order valence-corrected chi connectivity index (χ3v) is 1.77. The lowest BCUT2D eigenvalue weighted by Crippen LogP contribution is -2.11.